The molecule has 5 nitrogen and oxygen atoms in total. The minimum Gasteiger partial charge on any atom is -0.457 e. The molecule has 2 N–H and O–H groups in total. The largest absolute Gasteiger partial charge is 0.457 e. The van der Waals surface area contributed by atoms with Crippen LogP contribution in [0.15, 0.2) is 64.7 Å². The van der Waals surface area contributed by atoms with Crippen molar-refractivity contribution in [3.05, 3.63) is 87.2 Å². The maximum Gasteiger partial charge on any atom is 0.267 e. The third-order valence-electron chi connectivity index (χ3n) is 4.58. The molecule has 0 saturated carbocycles. The third-order valence-corrected chi connectivity index (χ3v) is 5.15. The summed E-state index contributed by atoms with van der Waals surface area (Å²) in [4.78, 5) is 25.5. The molecule has 0 aliphatic rings. The Labute approximate surface area is 197 Å². The lowest BCUT2D eigenvalue weighted by Crippen LogP contribution is -2.36. The van der Waals surface area contributed by atoms with Gasteiger partial charge in [-0.25, -0.2) is 0 Å². The predicted molar refractivity (Wildman–Crippen MR) is 129 cm³/mol. The molecule has 2 amide bonds. The van der Waals surface area contributed by atoms with Crippen molar-refractivity contribution in [2.75, 3.05) is 6.54 Å². The normalized spacial score (nSPS) is 11.5. The molecule has 0 aliphatic heterocycles. The van der Waals surface area contributed by atoms with Crippen LogP contribution in [0.5, 0.6) is 0 Å². The first-order valence-corrected chi connectivity index (χ1v) is 10.9. The average Bonchev–Trinajstić information content (AvgIpc) is 3.22. The van der Waals surface area contributed by atoms with Gasteiger partial charge in [0.15, 0.2) is 0 Å². The molecule has 1 heterocycles. The summed E-state index contributed by atoms with van der Waals surface area (Å²) < 4.78 is 5.86. The lowest BCUT2D eigenvalue weighted by atomic mass is 10.1. The van der Waals surface area contributed by atoms with Crippen molar-refractivity contribution >= 4 is 41.1 Å². The van der Waals surface area contributed by atoms with E-state index in [1.165, 1.54) is 6.08 Å². The zero-order valence-corrected chi connectivity index (χ0v) is 19.6. The van der Waals surface area contributed by atoms with E-state index in [4.69, 9.17) is 27.6 Å². The van der Waals surface area contributed by atoms with Gasteiger partial charge in [-0.3, -0.25) is 9.59 Å². The molecule has 3 aromatic rings. The standard InChI is InChI=1S/C25H24Cl2N2O3/c1-15(2)14-28-25(31)22(29-24(30)17-6-4-16(3)5-7-17)13-19-9-11-23(32-19)20-12-18(26)8-10-21(20)27/h4-13,15H,14H2,1-3H3,(H,28,31)(H,29,30). The monoisotopic (exact) mass is 470 g/mol. The molecule has 3 rings (SSSR count). The van der Waals surface area contributed by atoms with Gasteiger partial charge in [-0.1, -0.05) is 54.7 Å². The Bertz CT molecular complexity index is 1150. The van der Waals surface area contributed by atoms with Crippen LogP contribution in [0.25, 0.3) is 17.4 Å². The topological polar surface area (TPSA) is 71.3 Å². The van der Waals surface area contributed by atoms with Gasteiger partial charge in [-0.15, -0.1) is 0 Å². The second kappa shape index (κ2) is 10.5. The van der Waals surface area contributed by atoms with E-state index in [9.17, 15) is 9.59 Å². The zero-order valence-electron chi connectivity index (χ0n) is 18.0. The minimum absolute atomic E-state index is 0.0781. The minimum atomic E-state index is -0.405. The van der Waals surface area contributed by atoms with Gasteiger partial charge in [0.25, 0.3) is 11.8 Å². The van der Waals surface area contributed by atoms with Crippen LogP contribution in [0.2, 0.25) is 10.0 Å². The van der Waals surface area contributed by atoms with Crippen LogP contribution < -0.4 is 10.6 Å². The number of amides is 2. The summed E-state index contributed by atoms with van der Waals surface area (Å²) in [6.45, 7) is 6.38. The van der Waals surface area contributed by atoms with Gasteiger partial charge in [-0.2, -0.15) is 0 Å². The van der Waals surface area contributed by atoms with E-state index in [-0.39, 0.29) is 17.5 Å². The summed E-state index contributed by atoms with van der Waals surface area (Å²) in [5, 5.41) is 6.53. The molecule has 0 fully saturated rings. The van der Waals surface area contributed by atoms with Crippen LogP contribution in [0.3, 0.4) is 0 Å². The van der Waals surface area contributed by atoms with Crippen LogP contribution in [0.1, 0.15) is 35.5 Å². The summed E-state index contributed by atoms with van der Waals surface area (Å²) in [7, 11) is 0. The van der Waals surface area contributed by atoms with E-state index in [0.29, 0.717) is 39.2 Å². The number of rotatable bonds is 7. The SMILES string of the molecule is Cc1ccc(C(=O)NC(=Cc2ccc(-c3cc(Cl)ccc3Cl)o2)C(=O)NCC(C)C)cc1. The smallest absolute Gasteiger partial charge is 0.267 e. The molecule has 1 aromatic heterocycles. The second-order valence-electron chi connectivity index (χ2n) is 7.81. The first kappa shape index (κ1) is 23.6. The third kappa shape index (κ3) is 6.25. The van der Waals surface area contributed by atoms with Crippen molar-refractivity contribution in [1.29, 1.82) is 0 Å². The van der Waals surface area contributed by atoms with Gasteiger partial charge in [-0.05, 0) is 55.3 Å². The lowest BCUT2D eigenvalue weighted by Gasteiger charge is -2.12. The van der Waals surface area contributed by atoms with Crippen molar-refractivity contribution in [1.82, 2.24) is 10.6 Å². The van der Waals surface area contributed by atoms with Crippen LogP contribution in [0, 0.1) is 12.8 Å². The van der Waals surface area contributed by atoms with Crippen LogP contribution in [-0.2, 0) is 4.79 Å². The fourth-order valence-corrected chi connectivity index (χ4v) is 3.24. The predicted octanol–water partition coefficient (Wildman–Crippen LogP) is 6.10. The molecular formula is C25H24Cl2N2O3. The maximum atomic E-state index is 12.8. The number of hydrogen-bond donors (Lipinski definition) is 2. The van der Waals surface area contributed by atoms with Gasteiger partial charge >= 0.3 is 0 Å². The number of halogens is 2. The van der Waals surface area contributed by atoms with Crippen molar-refractivity contribution in [2.45, 2.75) is 20.8 Å². The van der Waals surface area contributed by atoms with Crippen LogP contribution >= 0.6 is 23.2 Å². The quantitative estimate of drug-likeness (QED) is 0.409. The first-order valence-electron chi connectivity index (χ1n) is 10.2. The Morgan fingerprint density at radius 3 is 2.44 bits per heavy atom. The van der Waals surface area contributed by atoms with Crippen LogP contribution in [0.4, 0.5) is 0 Å². The Balaban J connectivity index is 1.89. The molecular weight excluding hydrogens is 447 g/mol. The molecule has 32 heavy (non-hydrogen) atoms. The molecule has 0 bridgehead atoms. The summed E-state index contributed by atoms with van der Waals surface area (Å²) >= 11 is 12.3. The number of nitrogens with one attached hydrogen (secondary N) is 2. The molecule has 0 aliphatic carbocycles. The van der Waals surface area contributed by atoms with Crippen molar-refractivity contribution in [2.24, 2.45) is 5.92 Å². The highest BCUT2D eigenvalue weighted by molar-refractivity contribution is 6.35. The van der Waals surface area contributed by atoms with Crippen LogP contribution in [-0.4, -0.2) is 18.4 Å². The van der Waals surface area contributed by atoms with Gasteiger partial charge < -0.3 is 15.1 Å². The van der Waals surface area contributed by atoms with E-state index in [0.717, 1.165) is 5.56 Å². The van der Waals surface area contributed by atoms with Crippen molar-refractivity contribution in [3.8, 4) is 11.3 Å². The Kier molecular flexibility index (Phi) is 7.78. The molecule has 0 atom stereocenters. The van der Waals surface area contributed by atoms with Crippen molar-refractivity contribution < 1.29 is 14.0 Å². The molecule has 0 radical (unpaired) electrons. The summed E-state index contributed by atoms with van der Waals surface area (Å²) in [5.74, 6) is 0.345. The van der Waals surface area contributed by atoms with E-state index >= 15 is 0 Å². The summed E-state index contributed by atoms with van der Waals surface area (Å²) in [6.07, 6.45) is 1.49. The summed E-state index contributed by atoms with van der Waals surface area (Å²) in [6, 6.07) is 15.6. The average molecular weight is 471 g/mol. The number of carbonyl (C=O) groups is 2. The molecule has 2 aromatic carbocycles. The van der Waals surface area contributed by atoms with E-state index in [2.05, 4.69) is 10.6 Å². The fraction of sp³-hybridized carbons (Fsp3) is 0.200. The second-order valence-corrected chi connectivity index (χ2v) is 8.65. The molecule has 7 heteroatoms. The molecule has 0 unspecified atom stereocenters. The number of furan rings is 1. The Hall–Kier alpha value is -3.02. The van der Waals surface area contributed by atoms with Gasteiger partial charge in [0, 0.05) is 28.8 Å². The highest BCUT2D eigenvalue weighted by Gasteiger charge is 2.16. The van der Waals surface area contributed by atoms with E-state index in [1.807, 2.05) is 32.9 Å². The number of benzene rings is 2. The van der Waals surface area contributed by atoms with Gasteiger partial charge in [0.1, 0.15) is 17.2 Å². The lowest BCUT2D eigenvalue weighted by molar-refractivity contribution is -0.117. The summed E-state index contributed by atoms with van der Waals surface area (Å²) in [5.41, 5.74) is 2.20. The highest BCUT2D eigenvalue weighted by Crippen LogP contribution is 2.32. The highest BCUT2D eigenvalue weighted by atomic mass is 35.5. The van der Waals surface area contributed by atoms with Gasteiger partial charge in [0.2, 0.25) is 0 Å². The fourth-order valence-electron chi connectivity index (χ4n) is 2.85. The first-order chi connectivity index (χ1) is 15.2. The number of carbonyl (C=O) groups excluding carboxylic acids is 2. The number of hydrogen-bond acceptors (Lipinski definition) is 3. The number of aryl methyl sites for hydroxylation is 1. The van der Waals surface area contributed by atoms with E-state index < -0.39 is 5.91 Å². The molecule has 0 saturated heterocycles. The molecule has 166 valence electrons. The van der Waals surface area contributed by atoms with Crippen molar-refractivity contribution in [3.63, 3.8) is 0 Å². The van der Waals surface area contributed by atoms with Gasteiger partial charge in [0.05, 0.1) is 5.02 Å². The Morgan fingerprint density at radius 1 is 1.03 bits per heavy atom. The molecule has 0 spiro atoms. The maximum absolute atomic E-state index is 12.8. The van der Waals surface area contributed by atoms with E-state index in [1.54, 1.807) is 42.5 Å². The zero-order chi connectivity index (χ0) is 23.3. The Morgan fingerprint density at radius 2 is 1.75 bits per heavy atom.